The van der Waals surface area contributed by atoms with Crippen molar-refractivity contribution in [3.63, 3.8) is 0 Å². The molecule has 1 aromatic heterocycles. The molecule has 0 saturated carbocycles. The van der Waals surface area contributed by atoms with Crippen LogP contribution >= 0.6 is 11.3 Å². The van der Waals surface area contributed by atoms with Crippen LogP contribution < -0.4 is 14.8 Å². The SMILES string of the molecule is CCOc1ccccc1C1CC(=O)Nc2c(S(=O)(=O)c3ccc(OC)cc3)csc21. The van der Waals surface area contributed by atoms with E-state index in [4.69, 9.17) is 9.47 Å². The molecule has 0 saturated heterocycles. The molecule has 1 aliphatic heterocycles. The molecule has 0 aliphatic carbocycles. The molecule has 156 valence electrons. The fraction of sp³-hybridized carbons (Fsp3) is 0.227. The van der Waals surface area contributed by atoms with Crippen molar-refractivity contribution in [3.05, 3.63) is 64.4 Å². The lowest BCUT2D eigenvalue weighted by Gasteiger charge is -2.25. The lowest BCUT2D eigenvalue weighted by atomic mass is 9.90. The predicted octanol–water partition coefficient (Wildman–Crippen LogP) is 4.46. The van der Waals surface area contributed by atoms with Gasteiger partial charge >= 0.3 is 0 Å². The van der Waals surface area contributed by atoms with Crippen LogP contribution in [0.2, 0.25) is 0 Å². The third-order valence-corrected chi connectivity index (χ3v) is 8.05. The van der Waals surface area contributed by atoms with Crippen molar-refractivity contribution in [1.29, 1.82) is 0 Å². The highest BCUT2D eigenvalue weighted by molar-refractivity contribution is 7.91. The minimum atomic E-state index is -3.80. The van der Waals surface area contributed by atoms with Gasteiger partial charge in [0.2, 0.25) is 15.7 Å². The Morgan fingerprint density at radius 3 is 2.57 bits per heavy atom. The normalized spacial score (nSPS) is 15.9. The van der Waals surface area contributed by atoms with Crippen molar-refractivity contribution in [1.82, 2.24) is 0 Å². The van der Waals surface area contributed by atoms with E-state index in [2.05, 4.69) is 5.32 Å². The Morgan fingerprint density at radius 1 is 1.13 bits per heavy atom. The maximum Gasteiger partial charge on any atom is 0.225 e. The summed E-state index contributed by atoms with van der Waals surface area (Å²) in [5.74, 6) is 0.797. The van der Waals surface area contributed by atoms with Gasteiger partial charge in [-0.05, 0) is 37.3 Å². The number of methoxy groups -OCH3 is 1. The van der Waals surface area contributed by atoms with Crippen LogP contribution in [0.25, 0.3) is 0 Å². The monoisotopic (exact) mass is 443 g/mol. The standard InChI is InChI=1S/C22H21NO5S2/c1-3-28-18-7-5-4-6-16(18)17-12-20(24)23-21-19(13-29-22(17)21)30(25,26)15-10-8-14(27-2)9-11-15/h4-11,13,17H,3,12H2,1-2H3,(H,23,24). The topological polar surface area (TPSA) is 81.7 Å². The van der Waals surface area contributed by atoms with Crippen molar-refractivity contribution in [2.45, 2.75) is 29.1 Å². The van der Waals surface area contributed by atoms with Gasteiger partial charge in [0.15, 0.2) is 0 Å². The maximum absolute atomic E-state index is 13.3. The van der Waals surface area contributed by atoms with E-state index < -0.39 is 9.84 Å². The number of amides is 1. The fourth-order valence-electron chi connectivity index (χ4n) is 3.59. The Kier molecular flexibility index (Phi) is 5.53. The van der Waals surface area contributed by atoms with E-state index >= 15 is 0 Å². The molecule has 0 bridgehead atoms. The van der Waals surface area contributed by atoms with Crippen LogP contribution in [0, 0.1) is 0 Å². The summed E-state index contributed by atoms with van der Waals surface area (Å²) in [6.07, 6.45) is 0.236. The number of carbonyl (C=O) groups is 1. The number of hydrogen-bond donors (Lipinski definition) is 1. The zero-order valence-electron chi connectivity index (χ0n) is 16.5. The van der Waals surface area contributed by atoms with Gasteiger partial charge in [-0.15, -0.1) is 11.3 Å². The third kappa shape index (κ3) is 3.57. The molecular weight excluding hydrogens is 422 g/mol. The lowest BCUT2D eigenvalue weighted by molar-refractivity contribution is -0.116. The molecule has 0 radical (unpaired) electrons. The van der Waals surface area contributed by atoms with Gasteiger partial charge in [-0.1, -0.05) is 18.2 Å². The number of ether oxygens (including phenoxy) is 2. The Balaban J connectivity index is 1.80. The summed E-state index contributed by atoms with van der Waals surface area (Å²) < 4.78 is 37.4. The summed E-state index contributed by atoms with van der Waals surface area (Å²) in [5.41, 5.74) is 1.24. The number of fused-ring (bicyclic) bond motifs is 1. The van der Waals surface area contributed by atoms with Gasteiger partial charge in [0.05, 0.1) is 24.3 Å². The fourth-order valence-corrected chi connectivity index (χ4v) is 6.49. The van der Waals surface area contributed by atoms with Crippen LogP contribution in [0.1, 0.15) is 29.7 Å². The van der Waals surface area contributed by atoms with Gasteiger partial charge in [-0.2, -0.15) is 0 Å². The molecule has 1 unspecified atom stereocenters. The van der Waals surface area contributed by atoms with Gasteiger partial charge in [0, 0.05) is 28.2 Å². The summed E-state index contributed by atoms with van der Waals surface area (Å²) in [4.78, 5) is 13.6. The third-order valence-electron chi connectivity index (χ3n) is 5.01. The number of sulfone groups is 1. The Hall–Kier alpha value is -2.84. The molecule has 4 rings (SSSR count). The molecule has 1 amide bonds. The second kappa shape index (κ2) is 8.12. The Labute approximate surface area is 179 Å². The highest BCUT2D eigenvalue weighted by atomic mass is 32.2. The minimum absolute atomic E-state index is 0.111. The van der Waals surface area contributed by atoms with E-state index in [9.17, 15) is 13.2 Å². The van der Waals surface area contributed by atoms with Crippen molar-refractivity contribution in [2.24, 2.45) is 0 Å². The second-order valence-electron chi connectivity index (χ2n) is 6.79. The number of thiophene rings is 1. The van der Waals surface area contributed by atoms with Crippen molar-refractivity contribution in [3.8, 4) is 11.5 Å². The van der Waals surface area contributed by atoms with Crippen LogP contribution in [-0.2, 0) is 14.6 Å². The second-order valence-corrected chi connectivity index (χ2v) is 9.62. The summed E-state index contributed by atoms with van der Waals surface area (Å²) in [6.45, 7) is 2.41. The van der Waals surface area contributed by atoms with E-state index in [1.54, 1.807) is 17.5 Å². The number of para-hydroxylation sites is 1. The van der Waals surface area contributed by atoms with Gasteiger partial charge in [0.1, 0.15) is 16.4 Å². The zero-order valence-corrected chi connectivity index (χ0v) is 18.2. The molecule has 2 aromatic carbocycles. The molecule has 8 heteroatoms. The van der Waals surface area contributed by atoms with Gasteiger partial charge in [-0.25, -0.2) is 8.42 Å². The number of nitrogens with one attached hydrogen (secondary N) is 1. The Morgan fingerprint density at radius 2 is 1.87 bits per heavy atom. The molecular formula is C22H21NO5S2. The van der Waals surface area contributed by atoms with Crippen LogP contribution in [0.4, 0.5) is 5.69 Å². The molecule has 2 heterocycles. The number of rotatable bonds is 6. The quantitative estimate of drug-likeness (QED) is 0.608. The highest BCUT2D eigenvalue weighted by Gasteiger charge is 2.35. The molecule has 3 aromatic rings. The summed E-state index contributed by atoms with van der Waals surface area (Å²) >= 11 is 1.34. The highest BCUT2D eigenvalue weighted by Crippen LogP contribution is 2.47. The summed E-state index contributed by atoms with van der Waals surface area (Å²) in [6, 6.07) is 13.8. The molecule has 30 heavy (non-hydrogen) atoms. The number of anilines is 1. The first-order valence-corrected chi connectivity index (χ1v) is 11.8. The van der Waals surface area contributed by atoms with E-state index in [1.165, 1.54) is 30.6 Å². The van der Waals surface area contributed by atoms with Crippen LogP contribution in [0.3, 0.4) is 0 Å². The lowest BCUT2D eigenvalue weighted by Crippen LogP contribution is -2.23. The summed E-state index contributed by atoms with van der Waals surface area (Å²) in [5, 5.41) is 4.39. The number of hydrogen-bond acceptors (Lipinski definition) is 6. The number of benzene rings is 2. The van der Waals surface area contributed by atoms with Crippen LogP contribution in [0.15, 0.2) is 63.7 Å². The molecule has 1 N–H and O–H groups in total. The first-order chi connectivity index (χ1) is 14.5. The molecule has 6 nitrogen and oxygen atoms in total. The Bertz CT molecular complexity index is 1180. The van der Waals surface area contributed by atoms with Crippen molar-refractivity contribution in [2.75, 3.05) is 19.0 Å². The van der Waals surface area contributed by atoms with E-state index in [0.29, 0.717) is 23.8 Å². The first-order valence-electron chi connectivity index (χ1n) is 9.47. The van der Waals surface area contributed by atoms with Crippen LogP contribution in [-0.4, -0.2) is 28.0 Å². The van der Waals surface area contributed by atoms with Gasteiger partial charge in [0.25, 0.3) is 0 Å². The van der Waals surface area contributed by atoms with Crippen molar-refractivity contribution < 1.29 is 22.7 Å². The molecule has 0 fully saturated rings. The maximum atomic E-state index is 13.3. The zero-order chi connectivity index (χ0) is 21.3. The molecule has 1 atom stereocenters. The van der Waals surface area contributed by atoms with Crippen molar-refractivity contribution >= 4 is 32.8 Å². The van der Waals surface area contributed by atoms with Gasteiger partial charge in [-0.3, -0.25) is 4.79 Å². The predicted molar refractivity (Wildman–Crippen MR) is 115 cm³/mol. The average Bonchev–Trinajstić information content (AvgIpc) is 3.18. The van der Waals surface area contributed by atoms with Crippen LogP contribution in [0.5, 0.6) is 11.5 Å². The van der Waals surface area contributed by atoms with Gasteiger partial charge < -0.3 is 14.8 Å². The molecule has 1 aliphatic rings. The first kappa shape index (κ1) is 20.4. The summed E-state index contributed by atoms with van der Waals surface area (Å²) in [7, 11) is -2.28. The van der Waals surface area contributed by atoms with E-state index in [0.717, 1.165) is 10.4 Å². The smallest absolute Gasteiger partial charge is 0.225 e. The average molecular weight is 444 g/mol. The minimum Gasteiger partial charge on any atom is -0.497 e. The molecule has 0 spiro atoms. The van der Waals surface area contributed by atoms with E-state index in [1.807, 2.05) is 31.2 Å². The van der Waals surface area contributed by atoms with E-state index in [-0.39, 0.29) is 28.0 Å². The largest absolute Gasteiger partial charge is 0.497 e. The number of carbonyl (C=O) groups excluding carboxylic acids is 1.